The average Bonchev–Trinajstić information content (AvgIpc) is 2.47. The van der Waals surface area contributed by atoms with Crippen molar-refractivity contribution in [2.24, 2.45) is 11.7 Å². The van der Waals surface area contributed by atoms with Crippen LogP contribution in [0.5, 0.6) is 0 Å². The van der Waals surface area contributed by atoms with Gasteiger partial charge in [-0.15, -0.1) is 0 Å². The number of piperidine rings is 1. The minimum absolute atomic E-state index is 0.0305. The van der Waals surface area contributed by atoms with Gasteiger partial charge in [-0.3, -0.25) is 9.59 Å². The smallest absolute Gasteiger partial charge is 0.242 e. The van der Waals surface area contributed by atoms with E-state index in [2.05, 4.69) is 5.32 Å². The summed E-state index contributed by atoms with van der Waals surface area (Å²) in [5, 5.41) is 2.82. The number of nitrogens with one attached hydrogen (secondary N) is 1. The maximum Gasteiger partial charge on any atom is 0.242 e. The molecule has 1 saturated heterocycles. The molecule has 0 aromatic carbocycles. The van der Waals surface area contributed by atoms with Gasteiger partial charge >= 0.3 is 0 Å². The van der Waals surface area contributed by atoms with Crippen LogP contribution in [-0.4, -0.2) is 69.3 Å². The number of amides is 2. The topological polar surface area (TPSA) is 93.9 Å². The molecule has 7 nitrogen and oxygen atoms in total. The van der Waals surface area contributed by atoms with Gasteiger partial charge in [0.2, 0.25) is 11.8 Å². The van der Waals surface area contributed by atoms with Crippen molar-refractivity contribution < 1.29 is 19.1 Å². The molecule has 1 aliphatic rings. The summed E-state index contributed by atoms with van der Waals surface area (Å²) < 4.78 is 9.83. The number of carbonyl (C=O) groups is 2. The van der Waals surface area contributed by atoms with E-state index >= 15 is 0 Å². The molecule has 0 aliphatic carbocycles. The molecule has 3 atom stereocenters. The van der Waals surface area contributed by atoms with E-state index in [1.54, 1.807) is 12.0 Å². The lowest BCUT2D eigenvalue weighted by molar-refractivity contribution is -0.140. The summed E-state index contributed by atoms with van der Waals surface area (Å²) >= 11 is 0. The predicted octanol–water partition coefficient (Wildman–Crippen LogP) is -0.650. The van der Waals surface area contributed by atoms with Crippen LogP contribution in [0, 0.1) is 5.92 Å². The van der Waals surface area contributed by atoms with E-state index in [0.29, 0.717) is 19.7 Å². The van der Waals surface area contributed by atoms with Gasteiger partial charge in [0.15, 0.2) is 0 Å². The molecule has 2 amide bonds. The molecule has 0 aromatic rings. The highest BCUT2D eigenvalue weighted by atomic mass is 16.5. The molecule has 0 radical (unpaired) electrons. The third kappa shape index (κ3) is 5.26. The normalized spacial score (nSPS) is 23.7. The molecule has 0 aromatic heterocycles. The van der Waals surface area contributed by atoms with Crippen LogP contribution >= 0.6 is 0 Å². The molecule has 1 heterocycles. The maximum atomic E-state index is 12.3. The van der Waals surface area contributed by atoms with Crippen molar-refractivity contribution in [3.8, 4) is 0 Å². The van der Waals surface area contributed by atoms with E-state index in [4.69, 9.17) is 15.2 Å². The highest BCUT2D eigenvalue weighted by Gasteiger charge is 2.34. The highest BCUT2D eigenvalue weighted by Crippen LogP contribution is 2.22. The van der Waals surface area contributed by atoms with Crippen molar-refractivity contribution in [1.82, 2.24) is 10.2 Å². The Morgan fingerprint density at radius 2 is 2.05 bits per heavy atom. The number of ether oxygens (including phenoxy) is 2. The molecular formula is C14H27N3O4. The van der Waals surface area contributed by atoms with Crippen LogP contribution < -0.4 is 11.1 Å². The van der Waals surface area contributed by atoms with Crippen LogP contribution in [0.3, 0.4) is 0 Å². The molecule has 1 rings (SSSR count). The standard InChI is InChI=1S/C14H27N3O4/c1-10-4-5-11(13(18)16-6-7-20-2)8-17(10)14(19)12(15)9-21-3/h10-12H,4-9,15H2,1-3H3,(H,16,18). The van der Waals surface area contributed by atoms with Crippen molar-refractivity contribution in [3.63, 3.8) is 0 Å². The van der Waals surface area contributed by atoms with Crippen LogP contribution in [0.2, 0.25) is 0 Å². The lowest BCUT2D eigenvalue weighted by Gasteiger charge is -2.38. The molecule has 21 heavy (non-hydrogen) atoms. The van der Waals surface area contributed by atoms with Gasteiger partial charge < -0.3 is 25.4 Å². The Balaban J connectivity index is 2.56. The minimum atomic E-state index is -0.673. The number of hydrogen-bond donors (Lipinski definition) is 2. The zero-order valence-electron chi connectivity index (χ0n) is 13.1. The Kier molecular flexibility index (Phi) is 7.63. The number of nitrogens with two attached hydrogens (primary N) is 1. The lowest BCUT2D eigenvalue weighted by Crippen LogP contribution is -2.55. The van der Waals surface area contributed by atoms with Crippen molar-refractivity contribution in [2.75, 3.05) is 40.5 Å². The van der Waals surface area contributed by atoms with Crippen LogP contribution in [0.4, 0.5) is 0 Å². The first-order chi connectivity index (χ1) is 10.0. The summed E-state index contributed by atoms with van der Waals surface area (Å²) in [7, 11) is 3.10. The van der Waals surface area contributed by atoms with Crippen LogP contribution in [0.25, 0.3) is 0 Å². The zero-order valence-corrected chi connectivity index (χ0v) is 13.1. The first kappa shape index (κ1) is 17.9. The number of rotatable bonds is 7. The number of likely N-dealkylation sites (tertiary alicyclic amines) is 1. The molecule has 1 aliphatic heterocycles. The quantitative estimate of drug-likeness (QED) is 0.610. The Morgan fingerprint density at radius 3 is 2.67 bits per heavy atom. The van der Waals surface area contributed by atoms with Gasteiger partial charge in [0.25, 0.3) is 0 Å². The van der Waals surface area contributed by atoms with Crippen molar-refractivity contribution >= 4 is 11.8 Å². The first-order valence-electron chi connectivity index (χ1n) is 7.32. The van der Waals surface area contributed by atoms with E-state index < -0.39 is 6.04 Å². The third-order valence-electron chi connectivity index (χ3n) is 3.80. The van der Waals surface area contributed by atoms with Crippen LogP contribution in [-0.2, 0) is 19.1 Å². The molecule has 3 unspecified atom stereocenters. The van der Waals surface area contributed by atoms with Crippen molar-refractivity contribution in [1.29, 1.82) is 0 Å². The predicted molar refractivity (Wildman–Crippen MR) is 78.6 cm³/mol. The monoisotopic (exact) mass is 301 g/mol. The summed E-state index contributed by atoms with van der Waals surface area (Å²) in [6, 6.07) is -0.573. The van der Waals surface area contributed by atoms with Gasteiger partial charge in [0.1, 0.15) is 6.04 Å². The second-order valence-corrected chi connectivity index (χ2v) is 5.46. The zero-order chi connectivity index (χ0) is 15.8. The van der Waals surface area contributed by atoms with Crippen molar-refractivity contribution in [2.45, 2.75) is 31.8 Å². The van der Waals surface area contributed by atoms with E-state index in [1.165, 1.54) is 7.11 Å². The van der Waals surface area contributed by atoms with E-state index in [-0.39, 0.29) is 30.4 Å². The van der Waals surface area contributed by atoms with E-state index in [9.17, 15) is 9.59 Å². The number of nitrogens with zero attached hydrogens (tertiary/aromatic N) is 1. The Bertz CT molecular complexity index is 351. The number of hydrogen-bond acceptors (Lipinski definition) is 5. The molecule has 1 fully saturated rings. The van der Waals surface area contributed by atoms with Gasteiger partial charge in [-0.2, -0.15) is 0 Å². The second-order valence-electron chi connectivity index (χ2n) is 5.46. The molecular weight excluding hydrogens is 274 g/mol. The van der Waals surface area contributed by atoms with Gasteiger partial charge in [-0.05, 0) is 19.8 Å². The number of carbonyl (C=O) groups excluding carboxylic acids is 2. The van der Waals surface area contributed by atoms with Gasteiger partial charge in [-0.25, -0.2) is 0 Å². The fraction of sp³-hybridized carbons (Fsp3) is 0.857. The lowest BCUT2D eigenvalue weighted by atomic mass is 9.92. The van der Waals surface area contributed by atoms with Gasteiger partial charge in [0, 0.05) is 33.4 Å². The Labute approximate surface area is 126 Å². The van der Waals surface area contributed by atoms with Crippen LogP contribution in [0.1, 0.15) is 19.8 Å². The van der Waals surface area contributed by atoms with E-state index in [1.807, 2.05) is 6.92 Å². The molecule has 122 valence electrons. The summed E-state index contributed by atoms with van der Waals surface area (Å²) in [5.41, 5.74) is 5.81. The summed E-state index contributed by atoms with van der Waals surface area (Å²) in [5.74, 6) is -0.368. The Morgan fingerprint density at radius 1 is 1.33 bits per heavy atom. The summed E-state index contributed by atoms with van der Waals surface area (Å²) in [6.45, 7) is 3.55. The van der Waals surface area contributed by atoms with Gasteiger partial charge in [0.05, 0.1) is 19.1 Å². The highest BCUT2D eigenvalue weighted by molar-refractivity contribution is 5.84. The molecule has 0 bridgehead atoms. The minimum Gasteiger partial charge on any atom is -0.383 e. The Hall–Kier alpha value is -1.18. The average molecular weight is 301 g/mol. The fourth-order valence-electron chi connectivity index (χ4n) is 2.51. The SMILES string of the molecule is COCCNC(=O)C1CCC(C)N(C(=O)C(N)COC)C1. The molecule has 0 spiro atoms. The molecule has 7 heteroatoms. The third-order valence-corrected chi connectivity index (χ3v) is 3.80. The second kappa shape index (κ2) is 8.96. The summed E-state index contributed by atoms with van der Waals surface area (Å²) in [4.78, 5) is 26.1. The summed E-state index contributed by atoms with van der Waals surface area (Å²) in [6.07, 6.45) is 1.58. The largest absolute Gasteiger partial charge is 0.383 e. The van der Waals surface area contributed by atoms with Crippen LogP contribution in [0.15, 0.2) is 0 Å². The van der Waals surface area contributed by atoms with Crippen molar-refractivity contribution in [3.05, 3.63) is 0 Å². The van der Waals surface area contributed by atoms with Gasteiger partial charge in [-0.1, -0.05) is 0 Å². The number of methoxy groups -OCH3 is 2. The van der Waals surface area contributed by atoms with E-state index in [0.717, 1.165) is 12.8 Å². The fourth-order valence-corrected chi connectivity index (χ4v) is 2.51. The molecule has 3 N–H and O–H groups in total. The maximum absolute atomic E-state index is 12.3. The first-order valence-corrected chi connectivity index (χ1v) is 7.32. The molecule has 0 saturated carbocycles.